The number of hydrogen-bond acceptors (Lipinski definition) is 2. The van der Waals surface area contributed by atoms with Crippen LogP contribution in [0.5, 0.6) is 0 Å². The molecule has 0 saturated carbocycles. The van der Waals surface area contributed by atoms with Gasteiger partial charge < -0.3 is 0 Å². The highest BCUT2D eigenvalue weighted by atomic mass is 35.5. The lowest BCUT2D eigenvalue weighted by molar-refractivity contribution is 0.216. The molecule has 22 heavy (non-hydrogen) atoms. The molecular weight excluding hydrogens is 320 g/mol. The molecule has 2 N–H and O–H groups in total. The van der Waals surface area contributed by atoms with Crippen LogP contribution in [0.3, 0.4) is 0 Å². The van der Waals surface area contributed by atoms with E-state index in [1.807, 2.05) is 38.1 Å². The van der Waals surface area contributed by atoms with Crippen molar-refractivity contribution in [3.05, 3.63) is 46.6 Å². The van der Waals surface area contributed by atoms with Gasteiger partial charge in [0.1, 0.15) is 0 Å². The van der Waals surface area contributed by atoms with Gasteiger partial charge in [-0.15, -0.1) is 6.42 Å². The Morgan fingerprint density at radius 3 is 2.64 bits per heavy atom. The third-order valence-electron chi connectivity index (χ3n) is 4.23. The Labute approximate surface area is 137 Å². The third kappa shape index (κ3) is 3.00. The summed E-state index contributed by atoms with van der Waals surface area (Å²) < 4.78 is 24.9. The number of benzene rings is 1. The van der Waals surface area contributed by atoms with Crippen LogP contribution in [0.1, 0.15) is 31.7 Å². The van der Waals surface area contributed by atoms with Gasteiger partial charge in [0, 0.05) is 28.8 Å². The Hall–Kier alpha value is -1.48. The first-order valence-electron chi connectivity index (χ1n) is 6.91. The molecule has 0 aliphatic carbocycles. The van der Waals surface area contributed by atoms with Gasteiger partial charge in [0.05, 0.1) is 0 Å². The molecule has 1 saturated heterocycles. The molecule has 0 spiro atoms. The van der Waals surface area contributed by atoms with Gasteiger partial charge in [-0.2, -0.15) is 8.42 Å². The summed E-state index contributed by atoms with van der Waals surface area (Å²) >= 11 is 6.32. The van der Waals surface area contributed by atoms with Gasteiger partial charge >= 0.3 is 0 Å². The topological polar surface area (TPSA) is 63.4 Å². The predicted octanol–water partition coefficient (Wildman–Crippen LogP) is 2.88. The van der Waals surface area contributed by atoms with Crippen LogP contribution in [0.2, 0.25) is 5.02 Å². The lowest BCUT2D eigenvalue weighted by Crippen LogP contribution is -2.47. The first-order chi connectivity index (χ1) is 10.2. The highest BCUT2D eigenvalue weighted by Crippen LogP contribution is 2.50. The third-order valence-corrected chi connectivity index (χ3v) is 5.57. The van der Waals surface area contributed by atoms with E-state index in [2.05, 4.69) is 5.92 Å². The Balaban J connectivity index is 2.55. The maximum absolute atomic E-state index is 11.8. The van der Waals surface area contributed by atoms with E-state index < -0.39 is 15.6 Å². The minimum Gasteiger partial charge on any atom is -0.261 e. The van der Waals surface area contributed by atoms with Crippen molar-refractivity contribution in [2.45, 2.75) is 26.2 Å². The number of rotatable bonds is 2. The average Bonchev–Trinajstić information content (AvgIpc) is 2.41. The first-order valence-corrected chi connectivity index (χ1v) is 8.79. The zero-order valence-electron chi connectivity index (χ0n) is 12.6. The standard InChI is InChI=1S/C16H19ClN2O2S/c1-4-7-15-16(2,3)13(10-11-19(15)22(18,20)21)12-8-5-6-9-14(12)17/h1,5-9,13H,10-11H2,2-3H3,(H2,18,20,21). The lowest BCUT2D eigenvalue weighted by atomic mass is 9.69. The Bertz CT molecular complexity index is 748. The Morgan fingerprint density at radius 2 is 2.09 bits per heavy atom. The second-order valence-corrected chi connectivity index (χ2v) is 7.78. The van der Waals surface area contributed by atoms with Crippen LogP contribution < -0.4 is 5.14 Å². The van der Waals surface area contributed by atoms with E-state index in [1.54, 1.807) is 0 Å². The molecule has 1 fully saturated rings. The summed E-state index contributed by atoms with van der Waals surface area (Å²) in [6, 6.07) is 7.60. The quantitative estimate of drug-likeness (QED) is 0.843. The van der Waals surface area contributed by atoms with Gasteiger partial charge in [0.15, 0.2) is 0 Å². The van der Waals surface area contributed by atoms with E-state index in [0.717, 1.165) is 5.56 Å². The molecule has 1 heterocycles. The normalized spacial score (nSPS) is 23.3. The maximum Gasteiger partial charge on any atom is 0.298 e. The van der Waals surface area contributed by atoms with Crippen molar-refractivity contribution < 1.29 is 8.42 Å². The summed E-state index contributed by atoms with van der Waals surface area (Å²) in [7, 11) is -3.85. The smallest absolute Gasteiger partial charge is 0.261 e. The second kappa shape index (κ2) is 5.96. The van der Waals surface area contributed by atoms with E-state index in [9.17, 15) is 8.42 Å². The molecule has 2 rings (SSSR count). The molecule has 1 aliphatic heterocycles. The van der Waals surface area contributed by atoms with Crippen LogP contribution >= 0.6 is 11.6 Å². The van der Waals surface area contributed by atoms with Crippen LogP contribution in [0, 0.1) is 17.8 Å². The highest BCUT2D eigenvalue weighted by Gasteiger charge is 2.44. The largest absolute Gasteiger partial charge is 0.298 e. The molecule has 1 aromatic carbocycles. The van der Waals surface area contributed by atoms with Crippen LogP contribution in [-0.2, 0) is 10.2 Å². The summed E-state index contributed by atoms with van der Waals surface area (Å²) in [5, 5.41) is 6.00. The fourth-order valence-electron chi connectivity index (χ4n) is 3.13. The summed E-state index contributed by atoms with van der Waals surface area (Å²) in [5.41, 5.74) is 1.00. The molecule has 0 radical (unpaired) electrons. The molecule has 1 atom stereocenters. The number of allylic oxidation sites excluding steroid dienone is 2. The SMILES string of the molecule is C#CC=C1N(S(N)(=O)=O)CCC(c2ccccc2Cl)C1(C)C. The van der Waals surface area contributed by atoms with Crippen molar-refractivity contribution in [3.63, 3.8) is 0 Å². The van der Waals surface area contributed by atoms with Crippen molar-refractivity contribution in [1.29, 1.82) is 0 Å². The lowest BCUT2D eigenvalue weighted by Gasteiger charge is -2.46. The van der Waals surface area contributed by atoms with E-state index in [0.29, 0.717) is 17.1 Å². The number of nitrogens with two attached hydrogens (primary N) is 1. The van der Waals surface area contributed by atoms with E-state index in [-0.39, 0.29) is 12.5 Å². The second-order valence-electron chi connectivity index (χ2n) is 5.90. The molecule has 0 bridgehead atoms. The van der Waals surface area contributed by atoms with Crippen molar-refractivity contribution in [2.24, 2.45) is 10.6 Å². The number of hydrogen-bond donors (Lipinski definition) is 1. The number of halogens is 1. The first kappa shape index (κ1) is 16.9. The summed E-state index contributed by atoms with van der Waals surface area (Å²) in [5.74, 6) is 2.48. The Morgan fingerprint density at radius 1 is 1.45 bits per heavy atom. The minimum absolute atomic E-state index is 0.0544. The fourth-order valence-corrected chi connectivity index (χ4v) is 4.32. The van der Waals surface area contributed by atoms with Gasteiger partial charge in [0.25, 0.3) is 10.2 Å². The molecule has 6 heteroatoms. The zero-order valence-corrected chi connectivity index (χ0v) is 14.2. The van der Waals surface area contributed by atoms with Crippen LogP contribution in [-0.4, -0.2) is 19.3 Å². The van der Waals surface area contributed by atoms with Crippen molar-refractivity contribution >= 4 is 21.8 Å². The summed E-state index contributed by atoms with van der Waals surface area (Å²) in [6.45, 7) is 4.20. The van der Waals surface area contributed by atoms with Gasteiger partial charge in [-0.1, -0.05) is 49.6 Å². The number of piperidine rings is 1. The minimum atomic E-state index is -3.85. The number of terminal acetylenes is 1. The molecule has 118 valence electrons. The van der Waals surface area contributed by atoms with Crippen LogP contribution in [0.15, 0.2) is 36.0 Å². The van der Waals surface area contributed by atoms with Crippen molar-refractivity contribution in [2.75, 3.05) is 6.54 Å². The van der Waals surface area contributed by atoms with Crippen molar-refractivity contribution in [1.82, 2.24) is 4.31 Å². The fraction of sp³-hybridized carbons (Fsp3) is 0.375. The molecular formula is C16H19ClN2O2S. The molecule has 4 nitrogen and oxygen atoms in total. The van der Waals surface area contributed by atoms with Gasteiger partial charge in [-0.25, -0.2) is 5.14 Å². The highest BCUT2D eigenvalue weighted by molar-refractivity contribution is 7.86. The zero-order chi connectivity index (χ0) is 16.5. The monoisotopic (exact) mass is 338 g/mol. The maximum atomic E-state index is 11.8. The molecule has 1 aliphatic rings. The van der Waals surface area contributed by atoms with E-state index >= 15 is 0 Å². The summed E-state index contributed by atoms with van der Waals surface area (Å²) in [6.07, 6.45) is 7.48. The van der Waals surface area contributed by atoms with Gasteiger partial charge in [0.2, 0.25) is 0 Å². The van der Waals surface area contributed by atoms with E-state index in [1.165, 1.54) is 10.4 Å². The molecule has 0 amide bonds. The average molecular weight is 339 g/mol. The van der Waals surface area contributed by atoms with Gasteiger partial charge in [-0.3, -0.25) is 4.31 Å². The van der Waals surface area contributed by atoms with Crippen molar-refractivity contribution in [3.8, 4) is 12.3 Å². The molecule has 1 aromatic rings. The van der Waals surface area contributed by atoms with Gasteiger partial charge in [-0.05, 0) is 24.0 Å². The molecule has 0 aromatic heterocycles. The Kier molecular flexibility index (Phi) is 4.57. The van der Waals surface area contributed by atoms with E-state index in [4.69, 9.17) is 23.2 Å². The predicted molar refractivity (Wildman–Crippen MR) is 89.3 cm³/mol. The van der Waals surface area contributed by atoms with Crippen LogP contribution in [0.4, 0.5) is 0 Å². The van der Waals surface area contributed by atoms with Crippen LogP contribution in [0.25, 0.3) is 0 Å². The molecule has 1 unspecified atom stereocenters. The summed E-state index contributed by atoms with van der Waals surface area (Å²) in [4.78, 5) is 0. The number of nitrogens with zero attached hydrogens (tertiary/aromatic N) is 1.